The lowest BCUT2D eigenvalue weighted by molar-refractivity contribution is 0.534. The maximum atomic E-state index is 5.96. The van der Waals surface area contributed by atoms with Gasteiger partial charge in [0.15, 0.2) is 0 Å². The van der Waals surface area contributed by atoms with Crippen LogP contribution in [0.1, 0.15) is 50.7 Å². The van der Waals surface area contributed by atoms with Crippen LogP contribution in [-0.4, -0.2) is 12.6 Å². The Labute approximate surface area is 118 Å². The van der Waals surface area contributed by atoms with Crippen LogP contribution in [0.15, 0.2) is 18.2 Å². The molecule has 1 aromatic rings. The van der Waals surface area contributed by atoms with Gasteiger partial charge in [0.25, 0.3) is 0 Å². The second kappa shape index (κ2) is 6.42. The summed E-state index contributed by atoms with van der Waals surface area (Å²) in [4.78, 5) is 2.62. The number of nitrogens with two attached hydrogens (primary N) is 1. The van der Waals surface area contributed by atoms with Crippen molar-refractivity contribution in [2.75, 3.05) is 11.4 Å². The third kappa shape index (κ3) is 3.50. The van der Waals surface area contributed by atoms with E-state index < -0.39 is 0 Å². The summed E-state index contributed by atoms with van der Waals surface area (Å²) in [6.07, 6.45) is 5.43. The van der Waals surface area contributed by atoms with E-state index in [1.165, 1.54) is 42.5 Å². The van der Waals surface area contributed by atoms with Crippen molar-refractivity contribution in [1.82, 2.24) is 0 Å². The number of rotatable bonds is 5. The summed E-state index contributed by atoms with van der Waals surface area (Å²) in [6, 6.07) is 7.46. The van der Waals surface area contributed by atoms with Gasteiger partial charge in [-0.15, -0.1) is 0 Å². The molecular weight excluding hydrogens is 232 g/mol. The van der Waals surface area contributed by atoms with E-state index in [0.29, 0.717) is 12.5 Å². The molecule has 0 radical (unpaired) electrons. The topological polar surface area (TPSA) is 29.3 Å². The van der Waals surface area contributed by atoms with E-state index in [9.17, 15) is 0 Å². The lowest BCUT2D eigenvalue weighted by atomic mass is 10.0. The molecule has 2 rings (SSSR count). The van der Waals surface area contributed by atoms with Gasteiger partial charge in [-0.1, -0.05) is 44.4 Å². The summed E-state index contributed by atoms with van der Waals surface area (Å²) in [5.74, 6) is 0.688. The summed E-state index contributed by atoms with van der Waals surface area (Å²) in [6.45, 7) is 8.53. The van der Waals surface area contributed by atoms with E-state index in [1.54, 1.807) is 0 Å². The average Bonchev–Trinajstić information content (AvgIpc) is 2.89. The molecule has 2 N–H and O–H groups in total. The smallest absolute Gasteiger partial charge is 0.0414 e. The molecule has 0 amide bonds. The maximum absolute atomic E-state index is 5.96. The Hall–Kier alpha value is -1.02. The van der Waals surface area contributed by atoms with Crippen LogP contribution in [0.5, 0.6) is 0 Å². The molecule has 2 nitrogen and oxygen atoms in total. The summed E-state index contributed by atoms with van der Waals surface area (Å²) < 4.78 is 0. The minimum Gasteiger partial charge on any atom is -0.368 e. The van der Waals surface area contributed by atoms with Crippen LogP contribution in [0.3, 0.4) is 0 Å². The molecule has 1 aromatic carbocycles. The van der Waals surface area contributed by atoms with E-state index in [4.69, 9.17) is 5.73 Å². The molecule has 0 aliphatic heterocycles. The predicted octanol–water partition coefficient (Wildman–Crippen LogP) is 3.86. The molecule has 1 aliphatic rings. The van der Waals surface area contributed by atoms with Crippen molar-refractivity contribution in [2.45, 2.75) is 59.0 Å². The van der Waals surface area contributed by atoms with Gasteiger partial charge in [0.2, 0.25) is 0 Å². The number of hydrogen-bond donors (Lipinski definition) is 1. The standard InChI is InChI=1S/C17H28N2/c1-13(2)12-19(16-6-4-5-7-16)17-9-8-14(3)10-15(17)11-18/h8-10,13,16H,4-7,11-12,18H2,1-3H3. The molecule has 0 saturated heterocycles. The Bertz CT molecular complexity index is 406. The molecule has 0 bridgehead atoms. The summed E-state index contributed by atoms with van der Waals surface area (Å²) in [5.41, 5.74) is 9.93. The van der Waals surface area contributed by atoms with E-state index in [0.717, 1.165) is 12.6 Å². The largest absolute Gasteiger partial charge is 0.368 e. The summed E-state index contributed by atoms with van der Waals surface area (Å²) in [5, 5.41) is 0. The first-order chi connectivity index (χ1) is 9.11. The first-order valence-electron chi connectivity index (χ1n) is 7.68. The molecule has 0 aromatic heterocycles. The van der Waals surface area contributed by atoms with Crippen LogP contribution < -0.4 is 10.6 Å². The van der Waals surface area contributed by atoms with Crippen molar-refractivity contribution in [3.63, 3.8) is 0 Å². The van der Waals surface area contributed by atoms with Crippen LogP contribution >= 0.6 is 0 Å². The average molecular weight is 260 g/mol. The zero-order chi connectivity index (χ0) is 13.8. The van der Waals surface area contributed by atoms with Gasteiger partial charge in [0.05, 0.1) is 0 Å². The molecule has 1 saturated carbocycles. The Balaban J connectivity index is 2.30. The lowest BCUT2D eigenvalue weighted by Crippen LogP contribution is -2.37. The van der Waals surface area contributed by atoms with Gasteiger partial charge < -0.3 is 10.6 Å². The number of nitrogens with zero attached hydrogens (tertiary/aromatic N) is 1. The fourth-order valence-electron chi connectivity index (χ4n) is 3.21. The van der Waals surface area contributed by atoms with E-state index in [1.807, 2.05) is 0 Å². The molecule has 2 heteroatoms. The third-order valence-electron chi connectivity index (χ3n) is 4.09. The van der Waals surface area contributed by atoms with Crippen LogP contribution in [0.4, 0.5) is 5.69 Å². The number of anilines is 1. The Morgan fingerprint density at radius 3 is 2.53 bits per heavy atom. The van der Waals surface area contributed by atoms with Gasteiger partial charge in [0, 0.05) is 24.8 Å². The molecular formula is C17H28N2. The molecule has 0 heterocycles. The molecule has 0 atom stereocenters. The molecule has 0 unspecified atom stereocenters. The molecule has 0 spiro atoms. The van der Waals surface area contributed by atoms with Crippen LogP contribution in [0, 0.1) is 12.8 Å². The Kier molecular flexibility index (Phi) is 4.87. The minimum absolute atomic E-state index is 0.637. The molecule has 1 fully saturated rings. The number of hydrogen-bond acceptors (Lipinski definition) is 2. The van der Waals surface area contributed by atoms with Crippen molar-refractivity contribution in [1.29, 1.82) is 0 Å². The second-order valence-electron chi connectivity index (χ2n) is 6.32. The number of benzene rings is 1. The van der Waals surface area contributed by atoms with Gasteiger partial charge in [-0.05, 0) is 37.3 Å². The van der Waals surface area contributed by atoms with Crippen LogP contribution in [0.2, 0.25) is 0 Å². The minimum atomic E-state index is 0.637. The van der Waals surface area contributed by atoms with Crippen molar-refractivity contribution >= 4 is 5.69 Å². The highest BCUT2D eigenvalue weighted by Gasteiger charge is 2.24. The molecule has 19 heavy (non-hydrogen) atoms. The SMILES string of the molecule is Cc1ccc(N(CC(C)C)C2CCCC2)c(CN)c1. The fraction of sp³-hybridized carbons (Fsp3) is 0.647. The fourth-order valence-corrected chi connectivity index (χ4v) is 3.21. The van der Waals surface area contributed by atoms with Crippen molar-refractivity contribution in [2.24, 2.45) is 11.7 Å². The lowest BCUT2D eigenvalue weighted by Gasteiger charge is -2.34. The Morgan fingerprint density at radius 2 is 1.95 bits per heavy atom. The van der Waals surface area contributed by atoms with Crippen molar-refractivity contribution in [3.8, 4) is 0 Å². The zero-order valence-electron chi connectivity index (χ0n) is 12.7. The quantitative estimate of drug-likeness (QED) is 0.871. The zero-order valence-corrected chi connectivity index (χ0v) is 12.7. The first kappa shape index (κ1) is 14.4. The summed E-state index contributed by atoms with van der Waals surface area (Å²) >= 11 is 0. The van der Waals surface area contributed by atoms with Gasteiger partial charge in [-0.2, -0.15) is 0 Å². The third-order valence-corrected chi connectivity index (χ3v) is 4.09. The van der Waals surface area contributed by atoms with Gasteiger partial charge in [0.1, 0.15) is 0 Å². The highest BCUT2D eigenvalue weighted by Crippen LogP contribution is 2.31. The monoisotopic (exact) mass is 260 g/mol. The van der Waals surface area contributed by atoms with E-state index in [2.05, 4.69) is 43.9 Å². The van der Waals surface area contributed by atoms with Gasteiger partial charge in [-0.3, -0.25) is 0 Å². The molecule has 106 valence electrons. The van der Waals surface area contributed by atoms with Gasteiger partial charge in [-0.25, -0.2) is 0 Å². The summed E-state index contributed by atoms with van der Waals surface area (Å²) in [7, 11) is 0. The van der Waals surface area contributed by atoms with Crippen LogP contribution in [0.25, 0.3) is 0 Å². The Morgan fingerprint density at radius 1 is 1.26 bits per heavy atom. The first-order valence-corrected chi connectivity index (χ1v) is 7.68. The van der Waals surface area contributed by atoms with Gasteiger partial charge >= 0.3 is 0 Å². The highest BCUT2D eigenvalue weighted by atomic mass is 15.2. The van der Waals surface area contributed by atoms with E-state index in [-0.39, 0.29) is 0 Å². The van der Waals surface area contributed by atoms with Crippen molar-refractivity contribution < 1.29 is 0 Å². The normalized spacial score (nSPS) is 16.3. The maximum Gasteiger partial charge on any atom is 0.0414 e. The van der Waals surface area contributed by atoms with Crippen molar-refractivity contribution in [3.05, 3.63) is 29.3 Å². The molecule has 1 aliphatic carbocycles. The highest BCUT2D eigenvalue weighted by molar-refractivity contribution is 5.56. The predicted molar refractivity (Wildman–Crippen MR) is 83.5 cm³/mol. The number of aryl methyl sites for hydroxylation is 1. The second-order valence-corrected chi connectivity index (χ2v) is 6.32. The van der Waals surface area contributed by atoms with E-state index >= 15 is 0 Å². The van der Waals surface area contributed by atoms with Crippen LogP contribution in [-0.2, 0) is 6.54 Å².